The fourth-order valence-corrected chi connectivity index (χ4v) is 6.84. The van der Waals surface area contributed by atoms with E-state index in [-0.39, 0.29) is 18.9 Å². The molecule has 0 aliphatic carbocycles. The van der Waals surface area contributed by atoms with Gasteiger partial charge in [0.2, 0.25) is 0 Å². The van der Waals surface area contributed by atoms with E-state index in [0.717, 1.165) is 79.9 Å². The second kappa shape index (κ2) is 11.7. The molecule has 5 rings (SSSR count). The van der Waals surface area contributed by atoms with Crippen LogP contribution >= 0.6 is 0 Å². The van der Waals surface area contributed by atoms with E-state index in [1.807, 2.05) is 19.9 Å². The second-order valence-corrected chi connectivity index (χ2v) is 11.8. The molecule has 0 spiro atoms. The number of aromatic nitrogens is 2. The van der Waals surface area contributed by atoms with Gasteiger partial charge in [0.05, 0.1) is 17.5 Å². The summed E-state index contributed by atoms with van der Waals surface area (Å²) in [6.07, 6.45) is 11.1. The third-order valence-electron chi connectivity index (χ3n) is 9.37. The highest BCUT2D eigenvalue weighted by molar-refractivity contribution is 6.23. The molecule has 0 saturated carbocycles. The van der Waals surface area contributed by atoms with Crippen molar-refractivity contribution >= 4 is 35.9 Å². The molecular weight excluding hydrogens is 540 g/mol. The van der Waals surface area contributed by atoms with Gasteiger partial charge in [-0.3, -0.25) is 9.59 Å². The summed E-state index contributed by atoms with van der Waals surface area (Å²) in [6.45, 7) is 12.8. The number of likely N-dealkylation sites (N-methyl/N-ethyl adjacent to an activating group) is 1. The Balaban J connectivity index is 1.86. The van der Waals surface area contributed by atoms with Crippen LogP contribution in [0.3, 0.4) is 0 Å². The van der Waals surface area contributed by atoms with Gasteiger partial charge in [0.15, 0.2) is 0 Å². The van der Waals surface area contributed by atoms with Gasteiger partial charge < -0.3 is 25.1 Å². The summed E-state index contributed by atoms with van der Waals surface area (Å²) in [5.41, 5.74) is 13.7. The van der Waals surface area contributed by atoms with Crippen LogP contribution in [0.2, 0.25) is 0 Å². The van der Waals surface area contributed by atoms with Crippen molar-refractivity contribution in [2.24, 2.45) is 4.99 Å². The molecule has 2 aromatic heterocycles. The molecule has 226 valence electrons. The normalized spacial score (nSPS) is 18.0. The number of rotatable bonds is 8. The van der Waals surface area contributed by atoms with Gasteiger partial charge >= 0.3 is 11.9 Å². The zero-order valence-electron chi connectivity index (χ0n) is 26.2. The van der Waals surface area contributed by atoms with Crippen LogP contribution in [0.15, 0.2) is 44.8 Å². The Morgan fingerprint density at radius 1 is 0.837 bits per heavy atom. The maximum absolute atomic E-state index is 11.6. The van der Waals surface area contributed by atoms with E-state index in [9.17, 15) is 19.8 Å². The van der Waals surface area contributed by atoms with Crippen molar-refractivity contribution in [3.8, 4) is 0 Å². The lowest BCUT2D eigenvalue weighted by atomic mass is 9.99. The Morgan fingerprint density at radius 2 is 1.49 bits per heavy atom. The second-order valence-electron chi connectivity index (χ2n) is 11.8. The number of aliphatic imine (C=N–C) groups is 1. The quantitative estimate of drug-likeness (QED) is 0.347. The summed E-state index contributed by atoms with van der Waals surface area (Å²) in [5, 5.41) is 20.7. The predicted octanol–water partition coefficient (Wildman–Crippen LogP) is 5.06. The molecule has 8 bridgehead atoms. The van der Waals surface area contributed by atoms with E-state index in [0.29, 0.717) is 12.8 Å². The maximum Gasteiger partial charge on any atom is 0.303 e. The summed E-state index contributed by atoms with van der Waals surface area (Å²) < 4.78 is 0. The number of carboxylic acids is 2. The van der Waals surface area contributed by atoms with Crippen LogP contribution in [0, 0.1) is 13.8 Å². The van der Waals surface area contributed by atoms with E-state index < -0.39 is 11.9 Å². The number of aliphatic carboxylic acids is 2. The molecule has 0 radical (unpaired) electrons. The molecule has 5 heterocycles. The first-order valence-corrected chi connectivity index (χ1v) is 15.2. The van der Waals surface area contributed by atoms with Crippen molar-refractivity contribution < 1.29 is 19.8 Å². The van der Waals surface area contributed by atoms with Gasteiger partial charge in [-0.25, -0.2) is 4.99 Å². The van der Waals surface area contributed by atoms with Gasteiger partial charge in [-0.05, 0) is 122 Å². The van der Waals surface area contributed by atoms with E-state index >= 15 is 0 Å². The molecule has 0 fully saturated rings. The van der Waals surface area contributed by atoms with Crippen LogP contribution < -0.4 is 10.7 Å². The number of H-pyrrole nitrogens is 2. The lowest BCUT2D eigenvalue weighted by Crippen LogP contribution is -2.25. The average molecular weight is 583 g/mol. The summed E-state index contributed by atoms with van der Waals surface area (Å²) in [4.78, 5) is 37.8. The number of hydrogen-bond acceptors (Lipinski definition) is 4. The highest BCUT2D eigenvalue weighted by atomic mass is 16.4. The Bertz CT molecular complexity index is 1810. The summed E-state index contributed by atoms with van der Waals surface area (Å²) in [7, 11) is 2.13. The average Bonchev–Trinajstić information content (AvgIpc) is 3.59. The first kappa shape index (κ1) is 30.1. The topological polar surface area (TPSA) is 122 Å². The van der Waals surface area contributed by atoms with Gasteiger partial charge in [-0.15, -0.1) is 0 Å². The highest BCUT2D eigenvalue weighted by Crippen LogP contribution is 2.39. The molecular formula is C35H42N4O4. The predicted molar refractivity (Wildman–Crippen MR) is 171 cm³/mol. The lowest BCUT2D eigenvalue weighted by Gasteiger charge is -2.23. The van der Waals surface area contributed by atoms with Crippen molar-refractivity contribution in [1.82, 2.24) is 14.9 Å². The molecule has 1 atom stereocenters. The molecule has 0 aromatic carbocycles. The van der Waals surface area contributed by atoms with E-state index in [4.69, 9.17) is 4.99 Å². The van der Waals surface area contributed by atoms with Crippen molar-refractivity contribution in [2.45, 2.75) is 86.1 Å². The zero-order valence-corrected chi connectivity index (χ0v) is 26.2. The molecule has 1 unspecified atom stereocenters. The third-order valence-corrected chi connectivity index (χ3v) is 9.37. The van der Waals surface area contributed by atoms with Crippen LogP contribution in [-0.4, -0.2) is 55.8 Å². The molecule has 0 amide bonds. The molecule has 8 heteroatoms. The first-order chi connectivity index (χ1) is 20.4. The number of carbonyl (C=O) groups is 2. The summed E-state index contributed by atoms with van der Waals surface area (Å²) in [5.74, 6) is -1.69. The first-order valence-electron chi connectivity index (χ1n) is 15.2. The molecule has 4 N–H and O–H groups in total. The van der Waals surface area contributed by atoms with Crippen molar-refractivity contribution in [3.05, 3.63) is 84.1 Å². The standard InChI is InChI=1S/C35H42N4O4/c1-8-22-18(3)26-14-27-19(4)24(10-12-34(40)41)29(36-27)15-30-25(11-13-35(42)43)20(5)28(38-30)16-33-23(9-2)21(6)32(39(33)7)17-31(22)37-26/h14-17,32,36,38H,8-13H2,1-7H3,(H,40,41)(H,42,43). The summed E-state index contributed by atoms with van der Waals surface area (Å²) >= 11 is 0. The number of nitrogens with one attached hydrogen (secondary N) is 2. The van der Waals surface area contributed by atoms with Gasteiger partial charge in [-0.2, -0.15) is 0 Å². The number of carboxylic acid groups (broad SMARTS) is 2. The lowest BCUT2D eigenvalue weighted by molar-refractivity contribution is -0.138. The Morgan fingerprint density at radius 3 is 2.12 bits per heavy atom. The Hall–Kier alpha value is -4.33. The fourth-order valence-electron chi connectivity index (χ4n) is 6.84. The molecule has 43 heavy (non-hydrogen) atoms. The number of hydrogen-bond donors (Lipinski definition) is 4. The van der Waals surface area contributed by atoms with Crippen LogP contribution in [0.5, 0.6) is 0 Å². The van der Waals surface area contributed by atoms with Gasteiger partial charge in [0.25, 0.3) is 0 Å². The zero-order chi connectivity index (χ0) is 31.2. The SMILES string of the molecule is CCC1=C(C)C2=NC1=CC1C(C)=C(CC)C(=Cc3[nH]c(c(CCC(=O)O)c3C)C=c3[nH]c(c(C)c3CCC(=O)O)=C2)N1C. The fraction of sp³-hybridized carbons (Fsp3) is 0.400. The molecule has 8 nitrogen and oxygen atoms in total. The van der Waals surface area contributed by atoms with Gasteiger partial charge in [0, 0.05) is 47.7 Å². The number of aromatic amines is 2. The minimum Gasteiger partial charge on any atom is -0.481 e. The van der Waals surface area contributed by atoms with Crippen LogP contribution in [-0.2, 0) is 22.4 Å². The van der Waals surface area contributed by atoms with E-state index in [2.05, 4.69) is 67.8 Å². The Labute approximate surface area is 252 Å². The Kier molecular flexibility index (Phi) is 8.23. The minimum atomic E-state index is -0.849. The maximum atomic E-state index is 11.6. The van der Waals surface area contributed by atoms with Gasteiger partial charge in [0.1, 0.15) is 0 Å². The number of nitrogens with zero attached hydrogens (tertiary/aromatic N) is 2. The molecule has 2 aromatic rings. The summed E-state index contributed by atoms with van der Waals surface area (Å²) in [6, 6.07) is 0.0655. The highest BCUT2D eigenvalue weighted by Gasteiger charge is 2.31. The van der Waals surface area contributed by atoms with Crippen LogP contribution in [0.25, 0.3) is 18.2 Å². The van der Waals surface area contributed by atoms with E-state index in [1.54, 1.807) is 0 Å². The minimum absolute atomic E-state index is 0.0118. The largest absolute Gasteiger partial charge is 0.481 e. The molecule has 3 aliphatic rings. The molecule has 0 saturated heterocycles. The monoisotopic (exact) mass is 582 g/mol. The number of fused-ring (bicyclic) bond motifs is 7. The van der Waals surface area contributed by atoms with Crippen molar-refractivity contribution in [3.63, 3.8) is 0 Å². The third kappa shape index (κ3) is 5.46. The number of allylic oxidation sites excluding steroid dienone is 3. The van der Waals surface area contributed by atoms with Crippen LogP contribution in [0.4, 0.5) is 0 Å². The molecule has 3 aliphatic heterocycles. The smallest absolute Gasteiger partial charge is 0.303 e. The van der Waals surface area contributed by atoms with E-state index in [1.165, 1.54) is 16.7 Å². The van der Waals surface area contributed by atoms with Crippen LogP contribution in [0.1, 0.15) is 87.0 Å². The van der Waals surface area contributed by atoms with Crippen molar-refractivity contribution in [1.29, 1.82) is 0 Å². The van der Waals surface area contributed by atoms with Gasteiger partial charge in [-0.1, -0.05) is 13.8 Å². The van der Waals surface area contributed by atoms with Crippen molar-refractivity contribution in [2.75, 3.05) is 7.05 Å².